The van der Waals surface area contributed by atoms with Gasteiger partial charge in [0.2, 0.25) is 5.88 Å². The van der Waals surface area contributed by atoms with Crippen LogP contribution in [0.4, 0.5) is 5.69 Å². The molecule has 1 fully saturated rings. The quantitative estimate of drug-likeness (QED) is 0.369. The number of rotatable bonds is 11. The molecule has 3 rings (SSSR count). The molecule has 0 aliphatic carbocycles. The standard InChI is InChI=1S/C28H43N2O4P/c1-28(2,3)14-6-7-24-8-9-25(33-4)20-26(24)30-16-11-23(12-17-30)21-34-27-19-22(10-15-29-27)13-18-35(5,31)32/h8-10,15,19-20,23H,6-7,11-14,16-18,21H2,1-5H3,(H,31,32). The van der Waals surface area contributed by atoms with Crippen LogP contribution in [0.3, 0.4) is 0 Å². The van der Waals surface area contributed by atoms with E-state index in [9.17, 15) is 9.46 Å². The molecular weight excluding hydrogens is 459 g/mol. The molecule has 194 valence electrons. The third kappa shape index (κ3) is 9.50. The van der Waals surface area contributed by atoms with E-state index < -0.39 is 7.37 Å². The summed E-state index contributed by atoms with van der Waals surface area (Å²) in [4.78, 5) is 16.4. The highest BCUT2D eigenvalue weighted by molar-refractivity contribution is 7.57. The highest BCUT2D eigenvalue weighted by Crippen LogP contribution is 2.36. The number of hydrogen-bond acceptors (Lipinski definition) is 5. The summed E-state index contributed by atoms with van der Waals surface area (Å²) in [5, 5.41) is 0. The summed E-state index contributed by atoms with van der Waals surface area (Å²) in [7, 11) is -1.28. The van der Waals surface area contributed by atoms with Crippen molar-refractivity contribution in [3.8, 4) is 11.6 Å². The van der Waals surface area contributed by atoms with Crippen LogP contribution in [0, 0.1) is 11.3 Å². The fourth-order valence-electron chi connectivity index (χ4n) is 4.55. The number of methoxy groups -OCH3 is 1. The van der Waals surface area contributed by atoms with Crippen molar-refractivity contribution in [3.05, 3.63) is 47.7 Å². The molecule has 0 bridgehead atoms. The van der Waals surface area contributed by atoms with Crippen LogP contribution in [-0.2, 0) is 17.4 Å². The number of aryl methyl sites for hydroxylation is 2. The third-order valence-corrected chi connectivity index (χ3v) is 7.76. The predicted octanol–water partition coefficient (Wildman–Crippen LogP) is 6.20. The number of piperidine rings is 1. The molecule has 0 amide bonds. The van der Waals surface area contributed by atoms with Crippen molar-refractivity contribution in [3.63, 3.8) is 0 Å². The predicted molar refractivity (Wildman–Crippen MR) is 144 cm³/mol. The zero-order valence-corrected chi connectivity index (χ0v) is 23.0. The smallest absolute Gasteiger partial charge is 0.213 e. The first kappa shape index (κ1) is 27.5. The number of anilines is 1. The lowest BCUT2D eigenvalue weighted by Crippen LogP contribution is -2.36. The van der Waals surface area contributed by atoms with E-state index in [2.05, 4.69) is 48.9 Å². The first-order chi connectivity index (χ1) is 16.5. The SMILES string of the molecule is COc1ccc(CCCC(C)(C)C)c(N2CCC(COc3cc(CCP(C)(=O)O)ccn3)CC2)c1. The molecule has 1 unspecified atom stereocenters. The van der Waals surface area contributed by atoms with Crippen molar-refractivity contribution < 1.29 is 18.9 Å². The van der Waals surface area contributed by atoms with Gasteiger partial charge in [0.15, 0.2) is 7.37 Å². The van der Waals surface area contributed by atoms with Gasteiger partial charge in [0, 0.05) is 49.9 Å². The summed E-state index contributed by atoms with van der Waals surface area (Å²) in [6.45, 7) is 11.0. The van der Waals surface area contributed by atoms with Crippen molar-refractivity contribution >= 4 is 13.1 Å². The van der Waals surface area contributed by atoms with Gasteiger partial charge in [0.05, 0.1) is 13.7 Å². The summed E-state index contributed by atoms with van der Waals surface area (Å²) in [5.41, 5.74) is 4.06. The van der Waals surface area contributed by atoms with Gasteiger partial charge in [-0.05, 0) is 73.1 Å². The van der Waals surface area contributed by atoms with Gasteiger partial charge in [0.1, 0.15) is 5.75 Å². The van der Waals surface area contributed by atoms with E-state index in [0.29, 0.717) is 30.2 Å². The van der Waals surface area contributed by atoms with Gasteiger partial charge in [-0.15, -0.1) is 0 Å². The maximum atomic E-state index is 11.6. The van der Waals surface area contributed by atoms with E-state index in [-0.39, 0.29) is 6.16 Å². The number of pyridine rings is 1. The van der Waals surface area contributed by atoms with Gasteiger partial charge in [0.25, 0.3) is 0 Å². The molecule has 2 aromatic rings. The van der Waals surface area contributed by atoms with Crippen molar-refractivity contribution in [2.24, 2.45) is 11.3 Å². The number of benzene rings is 1. The summed E-state index contributed by atoms with van der Waals surface area (Å²) < 4.78 is 23.1. The van der Waals surface area contributed by atoms with Gasteiger partial charge in [-0.25, -0.2) is 4.98 Å². The average molecular weight is 503 g/mol. The Morgan fingerprint density at radius 3 is 2.54 bits per heavy atom. The van der Waals surface area contributed by atoms with Crippen LogP contribution in [0.5, 0.6) is 11.6 Å². The zero-order valence-electron chi connectivity index (χ0n) is 22.1. The first-order valence-electron chi connectivity index (χ1n) is 12.8. The summed E-state index contributed by atoms with van der Waals surface area (Å²) in [5.74, 6) is 2.00. The van der Waals surface area contributed by atoms with Gasteiger partial charge < -0.3 is 19.3 Å². The van der Waals surface area contributed by atoms with Crippen LogP contribution in [0.2, 0.25) is 0 Å². The molecule has 1 saturated heterocycles. The molecule has 1 atom stereocenters. The van der Waals surface area contributed by atoms with Gasteiger partial charge in [-0.2, -0.15) is 0 Å². The zero-order chi connectivity index (χ0) is 25.5. The number of nitrogens with zero attached hydrogens (tertiary/aromatic N) is 2. The van der Waals surface area contributed by atoms with Crippen molar-refractivity contribution in [1.82, 2.24) is 4.98 Å². The minimum Gasteiger partial charge on any atom is -0.497 e. The number of hydrogen-bond donors (Lipinski definition) is 1. The molecule has 1 N–H and O–H groups in total. The minimum absolute atomic E-state index is 0.275. The lowest BCUT2D eigenvalue weighted by atomic mass is 9.88. The number of ether oxygens (including phenoxy) is 2. The molecule has 1 aromatic heterocycles. The average Bonchev–Trinajstić information content (AvgIpc) is 2.81. The van der Waals surface area contributed by atoms with E-state index >= 15 is 0 Å². The van der Waals surface area contributed by atoms with Gasteiger partial charge in [-0.1, -0.05) is 26.8 Å². The Morgan fingerprint density at radius 1 is 1.14 bits per heavy atom. The van der Waals surface area contributed by atoms with Crippen molar-refractivity contribution in [2.45, 2.75) is 59.3 Å². The fourth-order valence-corrected chi connectivity index (χ4v) is 5.22. The summed E-state index contributed by atoms with van der Waals surface area (Å²) in [6, 6.07) is 10.3. The largest absolute Gasteiger partial charge is 0.497 e. The molecular formula is C28H43N2O4P. The maximum Gasteiger partial charge on any atom is 0.213 e. The first-order valence-corrected chi connectivity index (χ1v) is 15.1. The molecule has 1 aliphatic rings. The van der Waals surface area contributed by atoms with E-state index in [1.54, 1.807) is 13.3 Å². The molecule has 35 heavy (non-hydrogen) atoms. The minimum atomic E-state index is -3.01. The molecule has 2 heterocycles. The van der Waals surface area contributed by atoms with E-state index in [0.717, 1.165) is 43.7 Å². The van der Waals surface area contributed by atoms with Crippen molar-refractivity contribution in [1.29, 1.82) is 0 Å². The lowest BCUT2D eigenvalue weighted by molar-refractivity contribution is 0.216. The molecule has 7 heteroatoms. The van der Waals surface area contributed by atoms with E-state index in [1.165, 1.54) is 30.8 Å². The Kier molecular flexibility index (Phi) is 9.66. The fraction of sp³-hybridized carbons (Fsp3) is 0.607. The third-order valence-electron chi connectivity index (χ3n) is 6.70. The van der Waals surface area contributed by atoms with Crippen molar-refractivity contribution in [2.75, 3.05) is 44.5 Å². The lowest BCUT2D eigenvalue weighted by Gasteiger charge is -2.35. The second-order valence-electron chi connectivity index (χ2n) is 11.2. The topological polar surface area (TPSA) is 71.9 Å². The Balaban J connectivity index is 1.54. The van der Waals surface area contributed by atoms with Crippen LogP contribution in [0.25, 0.3) is 0 Å². The van der Waals surface area contributed by atoms with E-state index in [1.807, 2.05) is 12.1 Å². The molecule has 1 aliphatic heterocycles. The summed E-state index contributed by atoms with van der Waals surface area (Å²) in [6.07, 6.45) is 8.18. The van der Waals surface area contributed by atoms with Crippen LogP contribution in [0.15, 0.2) is 36.5 Å². The highest BCUT2D eigenvalue weighted by Gasteiger charge is 2.23. The van der Waals surface area contributed by atoms with Crippen LogP contribution >= 0.6 is 7.37 Å². The van der Waals surface area contributed by atoms with Gasteiger partial charge in [-0.3, -0.25) is 4.57 Å². The molecule has 6 nitrogen and oxygen atoms in total. The number of aromatic nitrogens is 1. The highest BCUT2D eigenvalue weighted by atomic mass is 31.2. The molecule has 1 aromatic carbocycles. The summed E-state index contributed by atoms with van der Waals surface area (Å²) >= 11 is 0. The Hall–Kier alpha value is -2.04. The second kappa shape index (κ2) is 12.3. The van der Waals surface area contributed by atoms with Gasteiger partial charge >= 0.3 is 0 Å². The monoisotopic (exact) mass is 502 g/mol. The van der Waals surface area contributed by atoms with Crippen LogP contribution in [0.1, 0.15) is 57.6 Å². The molecule has 0 saturated carbocycles. The van der Waals surface area contributed by atoms with Crippen LogP contribution in [-0.4, -0.2) is 49.5 Å². The molecule has 0 spiro atoms. The Labute approximate surface area is 211 Å². The second-order valence-corrected chi connectivity index (χ2v) is 13.7. The Morgan fingerprint density at radius 2 is 1.89 bits per heavy atom. The van der Waals surface area contributed by atoms with Crippen LogP contribution < -0.4 is 14.4 Å². The van der Waals surface area contributed by atoms with E-state index in [4.69, 9.17) is 9.47 Å². The Bertz CT molecular complexity index is 991. The molecule has 0 radical (unpaired) electrons. The normalized spacial score (nSPS) is 16.7. The maximum absolute atomic E-state index is 11.6.